The normalized spacial score (nSPS) is 21.3. The van der Waals surface area contributed by atoms with Crippen molar-refractivity contribution in [3.8, 4) is 0 Å². The van der Waals surface area contributed by atoms with Crippen LogP contribution in [0.25, 0.3) is 0 Å². The van der Waals surface area contributed by atoms with Crippen molar-refractivity contribution in [2.24, 2.45) is 0 Å². The fourth-order valence-corrected chi connectivity index (χ4v) is 4.35. The molecular weight excluding hydrogens is 354 g/mol. The number of halogens is 2. The van der Waals surface area contributed by atoms with Gasteiger partial charge in [0.05, 0.1) is 16.5 Å². The Kier molecular flexibility index (Phi) is 4.23. The lowest BCUT2D eigenvalue weighted by atomic mass is 10.1. The molecule has 1 atom stereocenters. The minimum atomic E-state index is -3.00. The Hall–Kier alpha value is -0.590. The van der Waals surface area contributed by atoms with Crippen molar-refractivity contribution in [3.05, 3.63) is 33.3 Å². The summed E-state index contributed by atoms with van der Waals surface area (Å²) in [5, 5.41) is 0.530. The summed E-state index contributed by atoms with van der Waals surface area (Å²) in [4.78, 5) is 13.8. The van der Waals surface area contributed by atoms with Crippen LogP contribution in [0.4, 0.5) is 0 Å². The minimum Gasteiger partial charge on any atom is -0.338 e. The van der Waals surface area contributed by atoms with Crippen LogP contribution in [0, 0.1) is 0 Å². The largest absolute Gasteiger partial charge is 0.338 e. The van der Waals surface area contributed by atoms with Crippen LogP contribution in [0.15, 0.2) is 22.7 Å². The smallest absolute Gasteiger partial charge is 0.253 e. The number of benzene rings is 1. The van der Waals surface area contributed by atoms with Crippen LogP contribution in [0.2, 0.25) is 5.02 Å². The molecule has 1 aromatic rings. The van der Waals surface area contributed by atoms with E-state index >= 15 is 0 Å². The summed E-state index contributed by atoms with van der Waals surface area (Å²) in [5.41, 5.74) is 0.489. The summed E-state index contributed by atoms with van der Waals surface area (Å²) in [5.74, 6) is 0.00308. The van der Waals surface area contributed by atoms with E-state index in [9.17, 15) is 13.2 Å². The SMILES string of the molecule is CN(C(=O)c1ccc(Cl)c(Br)c1)C1CCS(=O)(=O)C1. The van der Waals surface area contributed by atoms with E-state index in [1.165, 1.54) is 4.90 Å². The van der Waals surface area contributed by atoms with E-state index in [0.29, 0.717) is 21.5 Å². The van der Waals surface area contributed by atoms with Crippen LogP contribution in [-0.2, 0) is 9.84 Å². The van der Waals surface area contributed by atoms with Gasteiger partial charge in [-0.25, -0.2) is 8.42 Å². The third-order valence-corrected chi connectivity index (χ3v) is 6.21. The Labute approximate surface area is 125 Å². The molecule has 0 bridgehead atoms. The lowest BCUT2D eigenvalue weighted by Crippen LogP contribution is -2.37. The van der Waals surface area contributed by atoms with Gasteiger partial charge in [-0.15, -0.1) is 0 Å². The van der Waals surface area contributed by atoms with Gasteiger partial charge in [-0.2, -0.15) is 0 Å². The number of carbonyl (C=O) groups is 1. The molecule has 1 aromatic carbocycles. The van der Waals surface area contributed by atoms with Crippen LogP contribution >= 0.6 is 27.5 Å². The molecule has 2 rings (SSSR count). The Bertz CT molecular complexity index is 617. The van der Waals surface area contributed by atoms with E-state index in [1.807, 2.05) is 0 Å². The highest BCUT2D eigenvalue weighted by atomic mass is 79.9. The number of rotatable bonds is 2. The van der Waals surface area contributed by atoms with Gasteiger partial charge in [0.25, 0.3) is 5.91 Å². The number of nitrogens with zero attached hydrogens (tertiary/aromatic N) is 1. The van der Waals surface area contributed by atoms with Gasteiger partial charge in [0.2, 0.25) is 0 Å². The molecule has 0 spiro atoms. The second-order valence-corrected chi connectivity index (χ2v) is 8.09. The molecule has 1 aliphatic rings. The molecule has 0 aliphatic carbocycles. The van der Waals surface area contributed by atoms with E-state index in [1.54, 1.807) is 25.2 Å². The molecule has 0 N–H and O–H groups in total. The predicted molar refractivity (Wildman–Crippen MR) is 78.3 cm³/mol. The molecule has 7 heteroatoms. The first-order valence-corrected chi connectivity index (χ1v) is 8.72. The van der Waals surface area contributed by atoms with Gasteiger partial charge in [-0.1, -0.05) is 11.6 Å². The summed E-state index contributed by atoms with van der Waals surface area (Å²) >= 11 is 9.14. The summed E-state index contributed by atoms with van der Waals surface area (Å²) in [6.45, 7) is 0. The molecule has 0 saturated carbocycles. The lowest BCUT2D eigenvalue weighted by Gasteiger charge is -2.23. The minimum absolute atomic E-state index is 0.0456. The van der Waals surface area contributed by atoms with E-state index in [0.717, 1.165) is 0 Å². The average molecular weight is 367 g/mol. The first-order chi connectivity index (χ1) is 8.80. The molecule has 1 fully saturated rings. The maximum absolute atomic E-state index is 12.3. The molecule has 0 radical (unpaired) electrons. The van der Waals surface area contributed by atoms with Crippen molar-refractivity contribution in [1.82, 2.24) is 4.90 Å². The number of carbonyl (C=O) groups excluding carboxylic acids is 1. The van der Waals surface area contributed by atoms with E-state index in [2.05, 4.69) is 15.9 Å². The van der Waals surface area contributed by atoms with Gasteiger partial charge in [-0.3, -0.25) is 4.79 Å². The van der Waals surface area contributed by atoms with Gasteiger partial charge >= 0.3 is 0 Å². The number of sulfone groups is 1. The highest BCUT2D eigenvalue weighted by molar-refractivity contribution is 9.10. The molecule has 104 valence electrons. The quantitative estimate of drug-likeness (QED) is 0.807. The molecule has 0 aromatic heterocycles. The van der Waals surface area contributed by atoms with Crippen molar-refractivity contribution < 1.29 is 13.2 Å². The van der Waals surface area contributed by atoms with Crippen LogP contribution in [0.5, 0.6) is 0 Å². The number of amides is 1. The molecule has 4 nitrogen and oxygen atoms in total. The fraction of sp³-hybridized carbons (Fsp3) is 0.417. The molecule has 1 amide bonds. The second-order valence-electron chi connectivity index (χ2n) is 4.60. The van der Waals surface area contributed by atoms with Crippen LogP contribution in [0.3, 0.4) is 0 Å². The maximum atomic E-state index is 12.3. The Morgan fingerprint density at radius 2 is 2.16 bits per heavy atom. The summed E-state index contributed by atoms with van der Waals surface area (Å²) < 4.78 is 23.5. The monoisotopic (exact) mass is 365 g/mol. The van der Waals surface area contributed by atoms with Crippen molar-refractivity contribution in [3.63, 3.8) is 0 Å². The zero-order chi connectivity index (χ0) is 14.2. The third kappa shape index (κ3) is 3.30. The average Bonchev–Trinajstić information content (AvgIpc) is 2.71. The van der Waals surface area contributed by atoms with Gasteiger partial charge in [-0.05, 0) is 40.5 Å². The highest BCUT2D eigenvalue weighted by Crippen LogP contribution is 2.25. The first-order valence-electron chi connectivity index (χ1n) is 5.73. The van der Waals surface area contributed by atoms with E-state index in [-0.39, 0.29) is 23.5 Å². The Balaban J connectivity index is 2.17. The van der Waals surface area contributed by atoms with Gasteiger partial charge < -0.3 is 4.90 Å². The Morgan fingerprint density at radius 1 is 1.47 bits per heavy atom. The predicted octanol–water partition coefficient (Wildman–Crippen LogP) is 2.36. The van der Waals surface area contributed by atoms with Gasteiger partial charge in [0.1, 0.15) is 0 Å². The van der Waals surface area contributed by atoms with Crippen LogP contribution in [-0.4, -0.2) is 43.8 Å². The molecule has 1 aliphatic heterocycles. The summed E-state index contributed by atoms with van der Waals surface area (Å²) in [6.07, 6.45) is 0.499. The van der Waals surface area contributed by atoms with Crippen molar-refractivity contribution >= 4 is 43.3 Å². The molecule has 1 heterocycles. The summed E-state index contributed by atoms with van der Waals surface area (Å²) in [7, 11) is -1.36. The lowest BCUT2D eigenvalue weighted by molar-refractivity contribution is 0.0747. The van der Waals surface area contributed by atoms with Crippen molar-refractivity contribution in [2.45, 2.75) is 12.5 Å². The third-order valence-electron chi connectivity index (χ3n) is 3.24. The molecular formula is C12H13BrClNO3S. The van der Waals surface area contributed by atoms with Crippen LogP contribution in [0.1, 0.15) is 16.8 Å². The van der Waals surface area contributed by atoms with E-state index in [4.69, 9.17) is 11.6 Å². The first kappa shape index (κ1) is 14.8. The van der Waals surface area contributed by atoms with E-state index < -0.39 is 9.84 Å². The number of hydrogen-bond donors (Lipinski definition) is 0. The number of hydrogen-bond acceptors (Lipinski definition) is 3. The van der Waals surface area contributed by atoms with Crippen LogP contribution < -0.4 is 0 Å². The van der Waals surface area contributed by atoms with Gasteiger partial charge in [0, 0.05) is 23.1 Å². The van der Waals surface area contributed by atoms with Crippen molar-refractivity contribution in [1.29, 1.82) is 0 Å². The summed E-state index contributed by atoms with van der Waals surface area (Å²) in [6, 6.07) is 4.67. The van der Waals surface area contributed by atoms with Crippen molar-refractivity contribution in [2.75, 3.05) is 18.6 Å². The van der Waals surface area contributed by atoms with Gasteiger partial charge in [0.15, 0.2) is 9.84 Å². The zero-order valence-corrected chi connectivity index (χ0v) is 13.4. The maximum Gasteiger partial charge on any atom is 0.253 e. The second kappa shape index (κ2) is 5.42. The Morgan fingerprint density at radius 3 is 2.68 bits per heavy atom. The highest BCUT2D eigenvalue weighted by Gasteiger charge is 2.33. The molecule has 1 saturated heterocycles. The molecule has 1 unspecified atom stereocenters. The molecule has 19 heavy (non-hydrogen) atoms. The fourth-order valence-electron chi connectivity index (χ4n) is 2.08. The topological polar surface area (TPSA) is 54.5 Å². The zero-order valence-electron chi connectivity index (χ0n) is 10.3. The standard InChI is InChI=1S/C12H13BrClNO3S/c1-15(9-4-5-19(17,18)7-9)12(16)8-2-3-11(14)10(13)6-8/h2-3,6,9H,4-5,7H2,1H3.